The lowest BCUT2D eigenvalue weighted by Crippen LogP contribution is -1.84. The van der Waals surface area contributed by atoms with Gasteiger partial charge in [0.25, 0.3) is 0 Å². The Labute approximate surface area is 522 Å². The highest BCUT2D eigenvalue weighted by atomic mass is 32.2. The van der Waals surface area contributed by atoms with E-state index in [2.05, 4.69) is 110 Å². The highest BCUT2D eigenvalue weighted by Crippen LogP contribution is 2.65. The highest BCUT2D eigenvalue weighted by molar-refractivity contribution is 8.36. The molecule has 0 amide bonds. The molecule has 3 saturated heterocycles. The third-order valence-electron chi connectivity index (χ3n) is 13.3. The fraction of sp³-hybridized carbons (Fsp3) is 0.545. The molecule has 0 radical (unpaired) electrons. The average molecular weight is 1260 g/mol. The van der Waals surface area contributed by atoms with Gasteiger partial charge in [-0.25, -0.2) is 0 Å². The summed E-state index contributed by atoms with van der Waals surface area (Å²) >= 11 is 22.8. The highest BCUT2D eigenvalue weighted by Gasteiger charge is 2.33. The number of fused-ring (bicyclic) bond motifs is 3. The first-order chi connectivity index (χ1) is 38.4. The van der Waals surface area contributed by atoms with Crippen LogP contribution in [0.3, 0.4) is 0 Å². The second-order valence-corrected chi connectivity index (χ2v) is 34.1. The predicted octanol–water partition coefficient (Wildman–Crippen LogP) is 27.2. The van der Waals surface area contributed by atoms with Crippen molar-refractivity contribution in [3.8, 4) is 0 Å². The molecule has 0 unspecified atom stereocenters. The van der Waals surface area contributed by atoms with E-state index in [-0.39, 0.29) is 0 Å². The van der Waals surface area contributed by atoms with Crippen molar-refractivity contribution in [2.45, 2.75) is 234 Å². The van der Waals surface area contributed by atoms with Crippen LogP contribution < -0.4 is 0 Å². The molecule has 0 atom stereocenters. The Balaban J connectivity index is 1.30. The van der Waals surface area contributed by atoms with Gasteiger partial charge >= 0.3 is 0 Å². The van der Waals surface area contributed by atoms with Crippen LogP contribution in [0.2, 0.25) is 0 Å². The Bertz CT molecular complexity index is 2450. The zero-order chi connectivity index (χ0) is 54.6. The van der Waals surface area contributed by atoms with Crippen LogP contribution in [-0.4, -0.2) is 0 Å². The molecule has 414 valence electrons. The summed E-state index contributed by atoms with van der Waals surface area (Å²) in [6, 6.07) is 0. The lowest BCUT2D eigenvalue weighted by Gasteiger charge is -2.05. The van der Waals surface area contributed by atoms with E-state index in [1.807, 2.05) is 70.6 Å². The molecular formula is C66H78S12. The molecule has 6 aliphatic heterocycles. The van der Waals surface area contributed by atoms with Crippen LogP contribution in [0.5, 0.6) is 0 Å². The van der Waals surface area contributed by atoms with Gasteiger partial charge in [-0.15, -0.1) is 0 Å². The molecule has 0 nitrogen and oxygen atoms in total. The van der Waals surface area contributed by atoms with Gasteiger partial charge in [-0.05, 0) is 146 Å². The van der Waals surface area contributed by atoms with Gasteiger partial charge in [0.05, 0.1) is 54.9 Å². The third-order valence-corrected chi connectivity index (χ3v) is 30.5. The lowest BCUT2D eigenvalue weighted by molar-refractivity contribution is 0.661. The molecular weight excluding hydrogens is 1180 g/mol. The summed E-state index contributed by atoms with van der Waals surface area (Å²) in [5.41, 5.74) is 40.9. The first kappa shape index (κ1) is 64.8. The van der Waals surface area contributed by atoms with E-state index in [0.717, 1.165) is 29.4 Å². The molecule has 1 aliphatic carbocycles. The van der Waals surface area contributed by atoms with Crippen LogP contribution in [0.15, 0.2) is 153 Å². The van der Waals surface area contributed by atoms with Crippen LogP contribution in [0.25, 0.3) is 0 Å². The van der Waals surface area contributed by atoms with Crippen LogP contribution in [0, 0.1) is 0 Å². The van der Waals surface area contributed by atoms with Crippen molar-refractivity contribution in [3.63, 3.8) is 0 Å². The Kier molecular flexibility index (Phi) is 31.2. The minimum Gasteiger partial charge on any atom is -0.0846 e. The van der Waals surface area contributed by atoms with Crippen LogP contribution in [-0.2, 0) is 0 Å². The number of unbranched alkanes of at least 4 members (excludes halogenated alkanes) is 18. The molecule has 0 N–H and O–H groups in total. The standard InChI is InChI=1S/C66H78S12/c1-7-13-19-25-37-49-50(38-26-20-14-8-2)68-61(67-49)64-73-55-43-31-33-45-57-59(77-65(75-57)62-69-51(39-27-21-15-9-3)52(70-62)40-28-22-16-10-4)47-35-36-48-60-58(46-34-32-44-56(55)74-64)76-66(78-60)63-71-53(41-29-23-17-11-5)54(72-63)42-30-24-18-12-6/h7-30,37-42H2,1-6H3. The number of hydrogen-bond acceptors (Lipinski definition) is 12. The van der Waals surface area contributed by atoms with Crippen molar-refractivity contribution in [2.24, 2.45) is 0 Å². The minimum absolute atomic E-state index is 0.977. The zero-order valence-electron chi connectivity index (χ0n) is 47.1. The third kappa shape index (κ3) is 21.1. The summed E-state index contributed by atoms with van der Waals surface area (Å²) in [4.78, 5) is 15.4. The quantitative estimate of drug-likeness (QED) is 0.0497. The summed E-state index contributed by atoms with van der Waals surface area (Å²) in [6.45, 7) is 13.8. The molecule has 7 rings (SSSR count). The molecule has 78 heavy (non-hydrogen) atoms. The van der Waals surface area contributed by atoms with E-state index in [0.29, 0.717) is 0 Å². The SMILES string of the molecule is CCCCCCC1=C(CCCCCC)SC(=C2SC3=C=C=C=C=C4SC(=C5SC(CCCCCC)=C(CCCCCC)S5)SC4=C=C=C=C=C4SC(=C5SC(CCCCCC)=C(CCCCCC)S5)SC4=C=C=C=C=C3S2)S1. The molecule has 3 fully saturated rings. The fourth-order valence-electron chi connectivity index (χ4n) is 8.91. The van der Waals surface area contributed by atoms with Gasteiger partial charge in [0.15, 0.2) is 0 Å². The van der Waals surface area contributed by atoms with Gasteiger partial charge in [-0.2, -0.15) is 0 Å². The Morgan fingerprint density at radius 2 is 0.346 bits per heavy atom. The van der Waals surface area contributed by atoms with Gasteiger partial charge in [0.1, 0.15) is 0 Å². The Morgan fingerprint density at radius 3 is 0.500 bits per heavy atom. The average Bonchev–Trinajstić information content (AvgIpc) is 4.36. The van der Waals surface area contributed by atoms with E-state index in [1.54, 1.807) is 100 Å². The van der Waals surface area contributed by atoms with Gasteiger partial charge < -0.3 is 0 Å². The summed E-state index contributed by atoms with van der Waals surface area (Å²) in [5, 5.41) is 0. The van der Waals surface area contributed by atoms with Crippen molar-refractivity contribution in [2.75, 3.05) is 0 Å². The molecule has 12 heteroatoms. The maximum atomic E-state index is 3.52. The summed E-state index contributed by atoms with van der Waals surface area (Å²) in [7, 11) is 0. The monoisotopic (exact) mass is 1250 g/mol. The number of thioether (sulfide) groups is 12. The first-order valence-electron chi connectivity index (χ1n) is 29.3. The summed E-state index contributed by atoms with van der Waals surface area (Å²) < 4.78 is 8.06. The Hall–Kier alpha value is -0.780. The largest absolute Gasteiger partial charge is 0.0862 e. The Morgan fingerprint density at radius 1 is 0.192 bits per heavy atom. The second-order valence-electron chi connectivity index (χ2n) is 19.8. The second kappa shape index (κ2) is 37.5. The molecule has 6 heterocycles. The van der Waals surface area contributed by atoms with Crippen molar-refractivity contribution in [1.29, 1.82) is 0 Å². The summed E-state index contributed by atoms with van der Waals surface area (Å²) in [5.74, 6) is 0. The van der Waals surface area contributed by atoms with Gasteiger partial charge in [0, 0.05) is 29.4 Å². The maximum absolute atomic E-state index is 3.52. The molecule has 0 spiro atoms. The fourth-order valence-corrected chi connectivity index (χ4v) is 25.4. The van der Waals surface area contributed by atoms with E-state index in [9.17, 15) is 0 Å². The van der Waals surface area contributed by atoms with E-state index in [1.165, 1.54) is 218 Å². The number of allylic oxidation sites excluding steroid dienone is 6. The van der Waals surface area contributed by atoms with Crippen molar-refractivity contribution in [3.05, 3.63) is 153 Å². The van der Waals surface area contributed by atoms with Crippen molar-refractivity contribution < 1.29 is 0 Å². The zero-order valence-corrected chi connectivity index (χ0v) is 56.9. The summed E-state index contributed by atoms with van der Waals surface area (Å²) in [6.07, 6.45) is 38.0. The van der Waals surface area contributed by atoms with Gasteiger partial charge in [-0.3, -0.25) is 0 Å². The van der Waals surface area contributed by atoms with Crippen molar-refractivity contribution >= 4 is 141 Å². The molecule has 0 aromatic rings. The van der Waals surface area contributed by atoms with Crippen LogP contribution in [0.4, 0.5) is 0 Å². The normalized spacial score (nSPS) is 18.1. The van der Waals surface area contributed by atoms with Crippen molar-refractivity contribution in [1.82, 2.24) is 0 Å². The topological polar surface area (TPSA) is 0 Å². The van der Waals surface area contributed by atoms with Gasteiger partial charge in [-0.1, -0.05) is 298 Å². The van der Waals surface area contributed by atoms with Crippen LogP contribution in [0.1, 0.15) is 234 Å². The molecule has 7 aliphatic rings. The van der Waals surface area contributed by atoms with E-state index < -0.39 is 0 Å². The first-order valence-corrected chi connectivity index (χ1v) is 39.1. The van der Waals surface area contributed by atoms with Crippen LogP contribution >= 0.6 is 141 Å². The predicted molar refractivity (Wildman–Crippen MR) is 369 cm³/mol. The van der Waals surface area contributed by atoms with Gasteiger partial charge in [0.2, 0.25) is 0 Å². The molecule has 0 saturated carbocycles. The number of rotatable bonds is 30. The lowest BCUT2D eigenvalue weighted by atomic mass is 10.1. The van der Waals surface area contributed by atoms with E-state index in [4.69, 9.17) is 0 Å². The molecule has 0 bridgehead atoms. The number of hydrogen-bond donors (Lipinski definition) is 0. The molecule has 0 aromatic carbocycles. The maximum Gasteiger partial charge on any atom is 0.0862 e. The molecule has 0 aromatic heterocycles. The van der Waals surface area contributed by atoms with E-state index >= 15 is 0 Å². The minimum atomic E-state index is 0.977. The smallest absolute Gasteiger partial charge is 0.0846 e.